The van der Waals surface area contributed by atoms with Crippen LogP contribution < -0.4 is 56.5 Å². The zero-order valence-corrected chi connectivity index (χ0v) is 13.2. The number of carbonyl (C=O) groups is 1. The Hall–Kier alpha value is -0.314. The Morgan fingerprint density at radius 3 is 2.72 bits per heavy atom. The van der Waals surface area contributed by atoms with E-state index in [0.717, 1.165) is 0 Å². The summed E-state index contributed by atoms with van der Waals surface area (Å²) in [5.41, 5.74) is 0.169. The molecule has 0 radical (unpaired) electrons. The second kappa shape index (κ2) is 6.74. The van der Waals surface area contributed by atoms with Crippen molar-refractivity contribution < 1.29 is 70.1 Å². The quantitative estimate of drug-likeness (QED) is 0.602. The van der Waals surface area contributed by atoms with Gasteiger partial charge in [-0.05, 0) is 12.1 Å². The van der Waals surface area contributed by atoms with Crippen LogP contribution in [-0.4, -0.2) is 16.2 Å². The third kappa shape index (κ3) is 3.59. The van der Waals surface area contributed by atoms with Crippen molar-refractivity contribution in [2.24, 2.45) is 0 Å². The standard InChI is InChI=1S/C10H6ClFN2O3.K/c11-6-2-1-3-7(12)5(6)4-8-13-14-9(17-8)10(15)16;/h1-3H,4H2,(H,15,16);/q;+1/p-1. The summed E-state index contributed by atoms with van der Waals surface area (Å²) in [5, 5.41) is 17.3. The van der Waals surface area contributed by atoms with Crippen molar-refractivity contribution in [1.29, 1.82) is 0 Å². The van der Waals surface area contributed by atoms with Gasteiger partial charge < -0.3 is 14.3 Å². The fourth-order valence-corrected chi connectivity index (χ4v) is 1.49. The topological polar surface area (TPSA) is 79.0 Å². The first-order valence-electron chi connectivity index (χ1n) is 4.54. The van der Waals surface area contributed by atoms with Crippen LogP contribution in [0, 0.1) is 5.82 Å². The van der Waals surface area contributed by atoms with Crippen LogP contribution in [0.2, 0.25) is 5.02 Å². The van der Waals surface area contributed by atoms with E-state index >= 15 is 0 Å². The number of benzene rings is 1. The first-order valence-corrected chi connectivity index (χ1v) is 4.92. The molecule has 2 aromatic rings. The number of aromatic nitrogens is 2. The molecule has 88 valence electrons. The molecule has 0 spiro atoms. The monoisotopic (exact) mass is 294 g/mol. The molecule has 1 aromatic carbocycles. The van der Waals surface area contributed by atoms with Crippen molar-refractivity contribution in [3.63, 3.8) is 0 Å². The van der Waals surface area contributed by atoms with Crippen LogP contribution in [0.15, 0.2) is 22.6 Å². The molecule has 1 aromatic heterocycles. The summed E-state index contributed by atoms with van der Waals surface area (Å²) in [5.74, 6) is -2.79. The number of nitrogens with zero attached hydrogens (tertiary/aromatic N) is 2. The number of halogens is 2. The Labute approximate surface area is 149 Å². The smallest absolute Gasteiger partial charge is 0.540 e. The van der Waals surface area contributed by atoms with Crippen LogP contribution in [0.4, 0.5) is 4.39 Å². The molecule has 0 fully saturated rings. The summed E-state index contributed by atoms with van der Waals surface area (Å²) >= 11 is 5.79. The van der Waals surface area contributed by atoms with Gasteiger partial charge in [0, 0.05) is 10.6 Å². The molecule has 5 nitrogen and oxygen atoms in total. The fourth-order valence-electron chi connectivity index (χ4n) is 1.26. The number of hydrogen-bond acceptors (Lipinski definition) is 5. The molecule has 0 saturated carbocycles. The van der Waals surface area contributed by atoms with Gasteiger partial charge in [0.1, 0.15) is 11.8 Å². The van der Waals surface area contributed by atoms with E-state index in [-0.39, 0.29) is 74.3 Å². The number of rotatable bonds is 3. The Balaban J connectivity index is 0.00000162. The van der Waals surface area contributed by atoms with E-state index in [4.69, 9.17) is 16.0 Å². The minimum atomic E-state index is -1.58. The van der Waals surface area contributed by atoms with Crippen molar-refractivity contribution in [3.05, 3.63) is 46.4 Å². The van der Waals surface area contributed by atoms with E-state index in [2.05, 4.69) is 10.2 Å². The molecular formula is C10H5ClFKN2O3. The van der Waals surface area contributed by atoms with Crippen molar-refractivity contribution >= 4 is 17.6 Å². The Bertz CT molecular complexity index is 556. The summed E-state index contributed by atoms with van der Waals surface area (Å²) in [6, 6.07) is 4.20. The molecule has 18 heavy (non-hydrogen) atoms. The molecule has 0 saturated heterocycles. The van der Waals surface area contributed by atoms with E-state index in [9.17, 15) is 14.3 Å². The minimum Gasteiger partial charge on any atom is -0.540 e. The SMILES string of the molecule is O=C([O-])c1nnc(Cc2c(F)cccc2Cl)o1.[K+]. The van der Waals surface area contributed by atoms with Crippen LogP contribution in [0.25, 0.3) is 0 Å². The molecule has 0 aliphatic carbocycles. The average Bonchev–Trinajstić information content (AvgIpc) is 2.72. The molecule has 1 heterocycles. The van der Waals surface area contributed by atoms with Crippen LogP contribution in [0.5, 0.6) is 0 Å². The molecule has 8 heteroatoms. The zero-order valence-electron chi connectivity index (χ0n) is 9.31. The average molecular weight is 295 g/mol. The Morgan fingerprint density at radius 1 is 1.44 bits per heavy atom. The number of hydrogen-bond donors (Lipinski definition) is 0. The maximum absolute atomic E-state index is 13.4. The van der Waals surface area contributed by atoms with Gasteiger partial charge in [-0.2, -0.15) is 0 Å². The number of carboxylic acid groups (broad SMARTS) is 1. The van der Waals surface area contributed by atoms with Gasteiger partial charge in [0.2, 0.25) is 5.89 Å². The fraction of sp³-hybridized carbons (Fsp3) is 0.100. The van der Waals surface area contributed by atoms with E-state index in [1.807, 2.05) is 0 Å². The molecule has 0 unspecified atom stereocenters. The predicted octanol–water partition coefficient (Wildman–Crippen LogP) is -2.18. The van der Waals surface area contributed by atoms with Crippen molar-refractivity contribution in [2.75, 3.05) is 0 Å². The van der Waals surface area contributed by atoms with Gasteiger partial charge in [-0.1, -0.05) is 17.7 Å². The van der Waals surface area contributed by atoms with Gasteiger partial charge >= 0.3 is 51.4 Å². The number of carbonyl (C=O) groups excluding carboxylic acids is 1. The van der Waals surface area contributed by atoms with Crippen LogP contribution in [0.1, 0.15) is 22.1 Å². The zero-order chi connectivity index (χ0) is 12.4. The molecule has 0 N–H and O–H groups in total. The first kappa shape index (κ1) is 15.7. The van der Waals surface area contributed by atoms with Crippen LogP contribution in [0.3, 0.4) is 0 Å². The second-order valence-corrected chi connectivity index (χ2v) is 3.57. The van der Waals surface area contributed by atoms with Gasteiger partial charge in [0.05, 0.1) is 6.42 Å². The van der Waals surface area contributed by atoms with Crippen molar-refractivity contribution in [3.8, 4) is 0 Å². The maximum Gasteiger partial charge on any atom is 1.00 e. The third-order valence-electron chi connectivity index (χ3n) is 2.03. The van der Waals surface area contributed by atoms with Gasteiger partial charge in [0.15, 0.2) is 0 Å². The summed E-state index contributed by atoms with van der Waals surface area (Å²) in [4.78, 5) is 10.4. The van der Waals surface area contributed by atoms with E-state index in [0.29, 0.717) is 0 Å². The molecule has 2 rings (SSSR count). The van der Waals surface area contributed by atoms with Gasteiger partial charge in [-0.15, -0.1) is 10.2 Å². The van der Waals surface area contributed by atoms with Crippen LogP contribution >= 0.6 is 11.6 Å². The normalized spacial score (nSPS) is 9.89. The summed E-state index contributed by atoms with van der Waals surface area (Å²) in [6.45, 7) is 0. The molecule has 0 aliphatic heterocycles. The van der Waals surface area contributed by atoms with E-state index in [1.54, 1.807) is 0 Å². The van der Waals surface area contributed by atoms with E-state index < -0.39 is 17.7 Å². The summed E-state index contributed by atoms with van der Waals surface area (Å²) < 4.78 is 18.1. The molecule has 0 aliphatic rings. The van der Waals surface area contributed by atoms with E-state index in [1.165, 1.54) is 18.2 Å². The molecular weight excluding hydrogens is 290 g/mol. The molecule has 0 bridgehead atoms. The van der Waals surface area contributed by atoms with Gasteiger partial charge in [-0.3, -0.25) is 0 Å². The maximum atomic E-state index is 13.4. The third-order valence-corrected chi connectivity index (χ3v) is 2.39. The Morgan fingerprint density at radius 2 is 2.17 bits per heavy atom. The van der Waals surface area contributed by atoms with Crippen LogP contribution in [-0.2, 0) is 6.42 Å². The minimum absolute atomic E-state index is 0. The largest absolute Gasteiger partial charge is 1.00 e. The summed E-state index contributed by atoms with van der Waals surface area (Å²) in [7, 11) is 0. The summed E-state index contributed by atoms with van der Waals surface area (Å²) in [6.07, 6.45) is -0.0776. The van der Waals surface area contributed by atoms with Gasteiger partial charge in [0.25, 0.3) is 5.89 Å². The number of carboxylic acids is 1. The Kier molecular flexibility index (Phi) is 5.89. The number of aromatic carboxylic acids is 1. The first-order chi connectivity index (χ1) is 8.08. The second-order valence-electron chi connectivity index (χ2n) is 3.17. The molecule has 0 amide bonds. The van der Waals surface area contributed by atoms with Crippen molar-refractivity contribution in [1.82, 2.24) is 10.2 Å². The van der Waals surface area contributed by atoms with Crippen molar-refractivity contribution in [2.45, 2.75) is 6.42 Å². The van der Waals surface area contributed by atoms with Gasteiger partial charge in [-0.25, -0.2) is 4.39 Å². The molecule has 0 atom stereocenters. The predicted molar refractivity (Wildman–Crippen MR) is 52.8 cm³/mol.